The van der Waals surface area contributed by atoms with Gasteiger partial charge in [-0.3, -0.25) is 15.0 Å². The molecule has 0 spiro atoms. The molecule has 1 fully saturated rings. The van der Waals surface area contributed by atoms with E-state index in [4.69, 9.17) is 10.5 Å². The van der Waals surface area contributed by atoms with Crippen LogP contribution in [0.5, 0.6) is 5.75 Å². The van der Waals surface area contributed by atoms with Crippen LogP contribution in [0.3, 0.4) is 0 Å². The van der Waals surface area contributed by atoms with Crippen LogP contribution in [-0.2, 0) is 0 Å². The Labute approximate surface area is 128 Å². The number of nitro benzene ring substituents is 1. The molecule has 0 unspecified atom stereocenters. The van der Waals surface area contributed by atoms with Gasteiger partial charge < -0.3 is 15.6 Å². The largest absolute Gasteiger partial charge is 0.484 e. The first kappa shape index (κ1) is 15.1. The predicted octanol–water partition coefficient (Wildman–Crippen LogP) is 1.85. The third-order valence-electron chi connectivity index (χ3n) is 4.59. The van der Waals surface area contributed by atoms with Crippen LogP contribution >= 0.6 is 0 Å². The molecule has 1 aromatic carbocycles. The van der Waals surface area contributed by atoms with Crippen LogP contribution in [0, 0.1) is 10.1 Å². The number of nitrogen functional groups attached to an aromatic ring is 1. The van der Waals surface area contributed by atoms with E-state index in [1.54, 1.807) is 19.9 Å². The van der Waals surface area contributed by atoms with Gasteiger partial charge in [-0.25, -0.2) is 0 Å². The number of rotatable bonds is 2. The van der Waals surface area contributed by atoms with E-state index in [9.17, 15) is 15.2 Å². The van der Waals surface area contributed by atoms with E-state index in [1.165, 1.54) is 6.07 Å². The van der Waals surface area contributed by atoms with E-state index in [0.29, 0.717) is 5.75 Å². The van der Waals surface area contributed by atoms with Gasteiger partial charge >= 0.3 is 0 Å². The Morgan fingerprint density at radius 2 is 2.05 bits per heavy atom. The van der Waals surface area contributed by atoms with Crippen molar-refractivity contribution in [2.75, 3.05) is 18.8 Å². The Kier molecular flexibility index (Phi) is 3.49. The van der Waals surface area contributed by atoms with Crippen molar-refractivity contribution in [2.24, 2.45) is 0 Å². The number of hydrogen-bond donors (Lipinski definition) is 2. The van der Waals surface area contributed by atoms with Crippen molar-refractivity contribution in [1.29, 1.82) is 0 Å². The molecule has 0 saturated carbocycles. The fourth-order valence-electron chi connectivity index (χ4n) is 3.39. The lowest BCUT2D eigenvalue weighted by Crippen LogP contribution is -2.53. The first-order chi connectivity index (χ1) is 10.3. The van der Waals surface area contributed by atoms with Gasteiger partial charge in [-0.05, 0) is 45.8 Å². The van der Waals surface area contributed by atoms with Gasteiger partial charge in [0, 0.05) is 5.56 Å². The summed E-state index contributed by atoms with van der Waals surface area (Å²) >= 11 is 0. The zero-order valence-corrected chi connectivity index (χ0v) is 12.8. The maximum atomic E-state index is 11.1. The number of likely N-dealkylation sites (tertiary alicyclic amines) is 1. The van der Waals surface area contributed by atoms with Crippen LogP contribution in [0.1, 0.15) is 38.3 Å². The highest BCUT2D eigenvalue weighted by Gasteiger charge is 2.46. The fourth-order valence-corrected chi connectivity index (χ4v) is 3.39. The number of fused-ring (bicyclic) bond motifs is 1. The molecular formula is C15H21N3O4. The summed E-state index contributed by atoms with van der Waals surface area (Å²) in [4.78, 5) is 12.8. The molecule has 1 aromatic rings. The van der Waals surface area contributed by atoms with Gasteiger partial charge in [-0.2, -0.15) is 0 Å². The Bertz CT molecular complexity index is 611. The third kappa shape index (κ3) is 2.30. The number of nitrogens with two attached hydrogens (primary N) is 1. The summed E-state index contributed by atoms with van der Waals surface area (Å²) in [6, 6.07) is 2.71. The highest BCUT2D eigenvalue weighted by Crippen LogP contribution is 2.46. The summed E-state index contributed by atoms with van der Waals surface area (Å²) in [7, 11) is 0. The maximum absolute atomic E-state index is 11.1. The molecule has 22 heavy (non-hydrogen) atoms. The number of anilines is 1. The van der Waals surface area contributed by atoms with Gasteiger partial charge in [0.2, 0.25) is 0 Å². The summed E-state index contributed by atoms with van der Waals surface area (Å²) < 4.78 is 5.83. The third-order valence-corrected chi connectivity index (χ3v) is 4.59. The molecule has 120 valence electrons. The second kappa shape index (κ2) is 5.10. The minimum atomic E-state index is -0.815. The molecule has 2 atom stereocenters. The lowest BCUT2D eigenvalue weighted by atomic mass is 9.85. The molecule has 7 nitrogen and oxygen atoms in total. The zero-order chi connectivity index (χ0) is 16.1. The van der Waals surface area contributed by atoms with E-state index in [0.717, 1.165) is 31.5 Å². The van der Waals surface area contributed by atoms with Gasteiger partial charge in [-0.15, -0.1) is 0 Å². The van der Waals surface area contributed by atoms with Gasteiger partial charge in [0.05, 0.1) is 17.0 Å². The van der Waals surface area contributed by atoms with Crippen molar-refractivity contribution >= 4 is 11.4 Å². The molecule has 2 heterocycles. The normalized spacial score (nSPS) is 27.2. The molecule has 0 amide bonds. The lowest BCUT2D eigenvalue weighted by molar-refractivity contribution is -0.384. The van der Waals surface area contributed by atoms with Crippen LogP contribution in [0.25, 0.3) is 0 Å². The predicted molar refractivity (Wildman–Crippen MR) is 81.8 cm³/mol. The molecule has 0 aromatic heterocycles. The molecule has 0 radical (unpaired) electrons. The van der Waals surface area contributed by atoms with Crippen LogP contribution in [0.15, 0.2) is 12.1 Å². The summed E-state index contributed by atoms with van der Waals surface area (Å²) in [6.45, 7) is 5.39. The van der Waals surface area contributed by atoms with Gasteiger partial charge in [0.25, 0.3) is 5.69 Å². The molecule has 0 aliphatic carbocycles. The molecule has 1 saturated heterocycles. The smallest absolute Gasteiger partial charge is 0.295 e. The van der Waals surface area contributed by atoms with E-state index >= 15 is 0 Å². The first-order valence-corrected chi connectivity index (χ1v) is 7.50. The minimum Gasteiger partial charge on any atom is -0.484 e. The number of hydrogen-bond acceptors (Lipinski definition) is 6. The molecule has 3 rings (SSSR count). The van der Waals surface area contributed by atoms with Crippen LogP contribution in [0.4, 0.5) is 11.4 Å². The zero-order valence-electron chi connectivity index (χ0n) is 12.8. The Morgan fingerprint density at radius 1 is 1.41 bits per heavy atom. The lowest BCUT2D eigenvalue weighted by Gasteiger charge is -2.45. The van der Waals surface area contributed by atoms with E-state index in [2.05, 4.69) is 4.90 Å². The number of ether oxygens (including phenoxy) is 1. The number of aliphatic hydroxyl groups excluding tert-OH is 1. The van der Waals surface area contributed by atoms with Gasteiger partial charge in [0.1, 0.15) is 23.1 Å². The number of aliphatic hydroxyl groups is 1. The van der Waals surface area contributed by atoms with Crippen molar-refractivity contribution in [1.82, 2.24) is 4.90 Å². The highest BCUT2D eigenvalue weighted by atomic mass is 16.6. The van der Waals surface area contributed by atoms with Crippen LogP contribution in [0.2, 0.25) is 0 Å². The van der Waals surface area contributed by atoms with Crippen molar-refractivity contribution in [2.45, 2.75) is 44.4 Å². The van der Waals surface area contributed by atoms with E-state index in [-0.39, 0.29) is 17.4 Å². The van der Waals surface area contributed by atoms with Gasteiger partial charge in [0.15, 0.2) is 0 Å². The molecule has 7 heteroatoms. The Hall–Kier alpha value is -1.86. The van der Waals surface area contributed by atoms with E-state index < -0.39 is 16.6 Å². The minimum absolute atomic E-state index is 0.100. The van der Waals surface area contributed by atoms with Gasteiger partial charge in [-0.1, -0.05) is 0 Å². The number of nitro groups is 1. The standard InChI is InChI=1S/C15H21N3O4/c1-15(2)14(19)13(17-5-3-4-6-17)9-7-10(16)11(18(20)21)8-12(9)22-15/h7-8,13-14,19H,3-6,16H2,1-2H3/t13-,14+/m1/s1. The second-order valence-electron chi connectivity index (χ2n) is 6.54. The first-order valence-electron chi connectivity index (χ1n) is 7.50. The van der Waals surface area contributed by atoms with Crippen molar-refractivity contribution < 1.29 is 14.8 Å². The molecule has 3 N–H and O–H groups in total. The Balaban J connectivity index is 2.12. The van der Waals surface area contributed by atoms with E-state index in [1.807, 2.05) is 0 Å². The quantitative estimate of drug-likeness (QED) is 0.491. The second-order valence-corrected chi connectivity index (χ2v) is 6.54. The molecule has 2 aliphatic heterocycles. The average molecular weight is 307 g/mol. The Morgan fingerprint density at radius 3 is 2.64 bits per heavy atom. The number of benzene rings is 1. The maximum Gasteiger partial charge on any atom is 0.295 e. The SMILES string of the molecule is CC1(C)Oc2cc([N+](=O)[O-])c(N)cc2[C@@H](N2CCCC2)[C@@H]1O. The van der Waals surface area contributed by atoms with Crippen LogP contribution in [-0.4, -0.2) is 39.7 Å². The summed E-state index contributed by atoms with van der Waals surface area (Å²) in [5, 5.41) is 21.8. The highest BCUT2D eigenvalue weighted by molar-refractivity contribution is 5.65. The number of nitrogens with zero attached hydrogens (tertiary/aromatic N) is 2. The molecule has 0 bridgehead atoms. The van der Waals surface area contributed by atoms with Crippen LogP contribution < -0.4 is 10.5 Å². The van der Waals surface area contributed by atoms with Crippen molar-refractivity contribution in [3.63, 3.8) is 0 Å². The summed E-state index contributed by atoms with van der Waals surface area (Å²) in [5.41, 5.74) is 5.68. The van der Waals surface area contributed by atoms with Crippen molar-refractivity contribution in [3.05, 3.63) is 27.8 Å². The van der Waals surface area contributed by atoms with Crippen molar-refractivity contribution in [3.8, 4) is 5.75 Å². The average Bonchev–Trinajstić information content (AvgIpc) is 2.93. The summed E-state index contributed by atoms with van der Waals surface area (Å²) in [6.07, 6.45) is 1.45. The molecular weight excluding hydrogens is 286 g/mol. The monoisotopic (exact) mass is 307 g/mol. The fraction of sp³-hybridized carbons (Fsp3) is 0.600. The topological polar surface area (TPSA) is 102 Å². The molecule has 2 aliphatic rings. The summed E-state index contributed by atoms with van der Waals surface area (Å²) in [5.74, 6) is 0.438.